The van der Waals surface area contributed by atoms with Crippen LogP contribution in [0.2, 0.25) is 10.8 Å². The van der Waals surface area contributed by atoms with Crippen LogP contribution in [0, 0.1) is 0 Å². The van der Waals surface area contributed by atoms with Crippen molar-refractivity contribution < 1.29 is 19.1 Å². The van der Waals surface area contributed by atoms with E-state index in [0.29, 0.717) is 0 Å². The Balaban J connectivity index is 0.000000433. The average Bonchev–Trinajstić information content (AvgIpc) is 3.43. The Hall–Kier alpha value is -1.99. The van der Waals surface area contributed by atoms with Gasteiger partial charge in [-0.25, -0.2) is 4.70 Å². The van der Waals surface area contributed by atoms with E-state index in [9.17, 15) is 5.53 Å². The predicted molar refractivity (Wildman–Crippen MR) is 205 cm³/mol. The van der Waals surface area contributed by atoms with Gasteiger partial charge in [-0.05, 0) is 73.9 Å². The number of rotatable bonds is 25. The summed E-state index contributed by atoms with van der Waals surface area (Å²) in [6.45, 7) is 11.3. The van der Waals surface area contributed by atoms with Gasteiger partial charge in [-0.3, -0.25) is 0 Å². The molecule has 2 aromatic rings. The Morgan fingerprint density at radius 2 is 0.979 bits per heavy atom. The SMILES string of the molecule is CCCCCC[CH2][Ni][CH2]CCCCCC.CCCCCCc1cccc(C2=C(CCCC)C=C(c3cccc(CCCC)c3)[N+]2=[N-])c1. The Morgan fingerprint density at radius 3 is 1.55 bits per heavy atom. The number of unbranched alkanes of at least 4 members (excludes halogenated alkanes) is 13. The van der Waals surface area contributed by atoms with Crippen molar-refractivity contribution in [3.05, 3.63) is 88.0 Å². The molecule has 2 nitrogen and oxygen atoms in total. The van der Waals surface area contributed by atoms with Crippen molar-refractivity contribution in [1.29, 1.82) is 0 Å². The zero-order chi connectivity index (χ0) is 34.0. The summed E-state index contributed by atoms with van der Waals surface area (Å²) in [6, 6.07) is 17.5. The van der Waals surface area contributed by atoms with Crippen LogP contribution in [-0.4, -0.2) is 4.70 Å². The van der Waals surface area contributed by atoms with Crippen LogP contribution in [0.25, 0.3) is 16.9 Å². The van der Waals surface area contributed by atoms with Crippen molar-refractivity contribution in [3.8, 4) is 0 Å². The van der Waals surface area contributed by atoms with E-state index >= 15 is 0 Å². The summed E-state index contributed by atoms with van der Waals surface area (Å²) >= 11 is 2.00. The molecule has 0 amide bonds. The Morgan fingerprint density at radius 1 is 0.511 bits per heavy atom. The molecule has 0 saturated carbocycles. The van der Waals surface area contributed by atoms with E-state index in [1.54, 1.807) is 0 Å². The first-order valence-electron chi connectivity index (χ1n) is 19.7. The molecule has 1 heterocycles. The van der Waals surface area contributed by atoms with Crippen molar-refractivity contribution in [1.82, 2.24) is 0 Å². The van der Waals surface area contributed by atoms with Gasteiger partial charge in [-0.1, -0.05) is 77.1 Å². The summed E-state index contributed by atoms with van der Waals surface area (Å²) in [5.41, 5.74) is 19.4. The molecule has 0 bridgehead atoms. The molecule has 0 unspecified atom stereocenters. The van der Waals surface area contributed by atoms with Gasteiger partial charge in [-0.15, -0.1) is 0 Å². The number of nitrogens with zero attached hydrogens (tertiary/aromatic N) is 2. The average molecular weight is 686 g/mol. The second-order valence-corrected chi connectivity index (χ2v) is 14.9. The topological polar surface area (TPSA) is 25.3 Å². The number of hydrogen-bond donors (Lipinski definition) is 0. The van der Waals surface area contributed by atoms with Crippen LogP contribution in [0.4, 0.5) is 0 Å². The fourth-order valence-electron chi connectivity index (χ4n) is 6.12. The molecule has 2 aromatic carbocycles. The molecule has 0 saturated heterocycles. The summed E-state index contributed by atoms with van der Waals surface area (Å²) < 4.78 is 1.44. The standard InChI is InChI=1S/C30H40N2.2C7H15.Ni/c1-4-7-10-11-15-25-17-13-20-27(22-25)30-28(18-9-6-3)23-29(32(30)31)26-19-12-16-24(21-26)14-8-5-2;2*1-3-5-7-6-4-2;/h12-13,16-17,19-23H,4-11,14-15,18H2,1-3H3;2*1,3-7H2,2H3;. The van der Waals surface area contributed by atoms with Crippen LogP contribution in [-0.2, 0) is 27.3 Å². The quantitative estimate of drug-likeness (QED) is 0.0565. The zero-order valence-corrected chi connectivity index (χ0v) is 32.2. The summed E-state index contributed by atoms with van der Waals surface area (Å²) in [4.78, 5) is 0. The first kappa shape index (κ1) is 41.2. The van der Waals surface area contributed by atoms with Gasteiger partial charge in [-0.2, -0.15) is 0 Å². The van der Waals surface area contributed by atoms with Gasteiger partial charge >= 0.3 is 103 Å². The number of aryl methyl sites for hydroxylation is 2. The first-order valence-corrected chi connectivity index (χ1v) is 21.1. The van der Waals surface area contributed by atoms with Gasteiger partial charge in [0.05, 0.1) is 0 Å². The van der Waals surface area contributed by atoms with Crippen LogP contribution in [0.15, 0.2) is 60.2 Å². The normalized spacial score (nSPS) is 12.9. The molecule has 0 N–H and O–H groups in total. The van der Waals surface area contributed by atoms with Crippen molar-refractivity contribution in [2.24, 2.45) is 0 Å². The molecule has 0 spiro atoms. The van der Waals surface area contributed by atoms with E-state index < -0.39 is 0 Å². The molecule has 0 atom stereocenters. The number of benzene rings is 2. The fraction of sp³-hybridized carbons (Fsp3) is 0.636. The molecular formula is C44H70N2Ni. The molecule has 0 aliphatic carbocycles. The second kappa shape index (κ2) is 26.9. The van der Waals surface area contributed by atoms with E-state index in [1.165, 1.54) is 135 Å². The van der Waals surface area contributed by atoms with E-state index in [4.69, 9.17) is 0 Å². The Kier molecular flexibility index (Phi) is 23.6. The molecule has 3 heteroatoms. The van der Waals surface area contributed by atoms with Gasteiger partial charge in [0.25, 0.3) is 0 Å². The largest absolute Gasteiger partial charge is 0.493 e. The molecule has 1 aliphatic heterocycles. The van der Waals surface area contributed by atoms with Crippen LogP contribution < -0.4 is 0 Å². The van der Waals surface area contributed by atoms with Gasteiger partial charge in [0, 0.05) is 22.8 Å². The molecule has 0 radical (unpaired) electrons. The molecule has 47 heavy (non-hydrogen) atoms. The number of hydrogen-bond acceptors (Lipinski definition) is 0. The molecular weight excluding hydrogens is 615 g/mol. The molecule has 1 aliphatic rings. The van der Waals surface area contributed by atoms with E-state index in [-0.39, 0.29) is 0 Å². The van der Waals surface area contributed by atoms with Crippen molar-refractivity contribution in [3.63, 3.8) is 0 Å². The predicted octanol–water partition coefficient (Wildman–Crippen LogP) is 15.0. The fourth-order valence-corrected chi connectivity index (χ4v) is 7.36. The summed E-state index contributed by atoms with van der Waals surface area (Å²) in [6.07, 6.45) is 29.5. The van der Waals surface area contributed by atoms with Crippen molar-refractivity contribution in [2.75, 3.05) is 0 Å². The maximum Gasteiger partial charge on any atom is 0.210 e. The van der Waals surface area contributed by atoms with E-state index in [0.717, 1.165) is 54.6 Å². The third-order valence-electron chi connectivity index (χ3n) is 9.07. The third kappa shape index (κ3) is 16.8. The second-order valence-electron chi connectivity index (χ2n) is 13.4. The summed E-state index contributed by atoms with van der Waals surface area (Å²) in [5, 5.41) is 2.84. The van der Waals surface area contributed by atoms with Crippen molar-refractivity contribution >= 4 is 11.4 Å². The summed E-state index contributed by atoms with van der Waals surface area (Å²) in [7, 11) is 0. The Bertz CT molecular complexity index is 1160. The monoisotopic (exact) mass is 684 g/mol. The Labute approximate surface area is 297 Å². The first-order chi connectivity index (χ1) is 23.1. The van der Waals surface area contributed by atoms with Crippen LogP contribution in [0.1, 0.15) is 179 Å². The molecule has 266 valence electrons. The molecule has 3 rings (SSSR count). The van der Waals surface area contributed by atoms with E-state index in [2.05, 4.69) is 89.2 Å². The van der Waals surface area contributed by atoms with E-state index in [1.807, 2.05) is 14.4 Å². The molecule has 0 fully saturated rings. The minimum atomic E-state index is 0.901. The number of allylic oxidation sites excluding steroid dienone is 2. The van der Waals surface area contributed by atoms with Crippen LogP contribution in [0.5, 0.6) is 0 Å². The minimum absolute atomic E-state index is 0.901. The van der Waals surface area contributed by atoms with Gasteiger partial charge < -0.3 is 5.53 Å². The van der Waals surface area contributed by atoms with Crippen LogP contribution >= 0.6 is 0 Å². The third-order valence-corrected chi connectivity index (χ3v) is 10.5. The maximum atomic E-state index is 11.3. The zero-order valence-electron chi connectivity index (χ0n) is 31.2. The van der Waals surface area contributed by atoms with Crippen molar-refractivity contribution in [2.45, 2.75) is 180 Å². The minimum Gasteiger partial charge on any atom is -0.493 e. The summed E-state index contributed by atoms with van der Waals surface area (Å²) in [5.74, 6) is 0. The molecule has 0 aromatic heterocycles. The smallest absolute Gasteiger partial charge is 0.210 e. The van der Waals surface area contributed by atoms with Gasteiger partial charge in [0.2, 0.25) is 11.4 Å². The van der Waals surface area contributed by atoms with Gasteiger partial charge in [0.15, 0.2) is 0 Å². The van der Waals surface area contributed by atoms with Gasteiger partial charge in [0.1, 0.15) is 0 Å². The van der Waals surface area contributed by atoms with Crippen LogP contribution in [0.3, 0.4) is 0 Å². The maximum absolute atomic E-state index is 11.3.